The van der Waals surface area contributed by atoms with Crippen LogP contribution in [0.5, 0.6) is 17.5 Å². The molecule has 0 aliphatic carbocycles. The molecule has 3 aromatic rings. The first-order chi connectivity index (χ1) is 16.2. The molecule has 1 aromatic heterocycles. The number of hydrogen-bond donors (Lipinski definition) is 3. The fourth-order valence-electron chi connectivity index (χ4n) is 3.12. The van der Waals surface area contributed by atoms with E-state index in [0.29, 0.717) is 18.2 Å². The van der Waals surface area contributed by atoms with Crippen molar-refractivity contribution in [2.45, 2.75) is 26.0 Å². The average molecular weight is 471 g/mol. The molecule has 0 saturated carbocycles. The van der Waals surface area contributed by atoms with Crippen LogP contribution in [0.4, 0.5) is 8.78 Å². The smallest absolute Gasteiger partial charge is 0.344 e. The van der Waals surface area contributed by atoms with Gasteiger partial charge in [0.15, 0.2) is 17.7 Å². The number of aromatic nitrogens is 1. The van der Waals surface area contributed by atoms with Crippen LogP contribution in [0.25, 0.3) is 11.1 Å². The SMILES string of the molecule is CC[C@@H](Oc1nc(Oc2cc(C(=O)NC)cc(-c3cccc(CN)c3)c2)c(F)cc1F)C(=O)O. The lowest BCUT2D eigenvalue weighted by atomic mass is 10.00. The van der Waals surface area contributed by atoms with Crippen molar-refractivity contribution in [3.05, 3.63) is 71.3 Å². The fourth-order valence-corrected chi connectivity index (χ4v) is 3.12. The van der Waals surface area contributed by atoms with Crippen molar-refractivity contribution in [3.8, 4) is 28.6 Å². The lowest BCUT2D eigenvalue weighted by molar-refractivity contribution is -0.145. The molecule has 0 aliphatic rings. The Hall–Kier alpha value is -4.05. The molecule has 3 rings (SSSR count). The van der Waals surface area contributed by atoms with Crippen LogP contribution in [-0.2, 0) is 11.3 Å². The van der Waals surface area contributed by atoms with Gasteiger partial charge in [0.2, 0.25) is 0 Å². The first-order valence-electron chi connectivity index (χ1n) is 10.4. The molecular formula is C24H23F2N3O5. The van der Waals surface area contributed by atoms with E-state index in [4.69, 9.17) is 20.3 Å². The molecule has 0 spiro atoms. The highest BCUT2D eigenvalue weighted by atomic mass is 19.1. The maximum absolute atomic E-state index is 14.4. The van der Waals surface area contributed by atoms with Crippen LogP contribution in [0, 0.1) is 11.6 Å². The molecule has 0 fully saturated rings. The maximum Gasteiger partial charge on any atom is 0.344 e. The summed E-state index contributed by atoms with van der Waals surface area (Å²) in [6.07, 6.45) is -1.35. The molecular weight excluding hydrogens is 448 g/mol. The number of carboxylic acid groups (broad SMARTS) is 1. The van der Waals surface area contributed by atoms with Gasteiger partial charge in [-0.05, 0) is 47.4 Å². The quantitative estimate of drug-likeness (QED) is 0.433. The molecule has 1 heterocycles. The van der Waals surface area contributed by atoms with E-state index in [1.165, 1.54) is 20.0 Å². The van der Waals surface area contributed by atoms with Crippen molar-refractivity contribution in [2.75, 3.05) is 7.05 Å². The van der Waals surface area contributed by atoms with Gasteiger partial charge in [0.05, 0.1) is 0 Å². The number of carbonyl (C=O) groups excluding carboxylic acids is 1. The monoisotopic (exact) mass is 471 g/mol. The summed E-state index contributed by atoms with van der Waals surface area (Å²) in [5.41, 5.74) is 8.13. The Labute approximate surface area is 194 Å². The molecule has 0 bridgehead atoms. The van der Waals surface area contributed by atoms with Crippen LogP contribution in [-0.4, -0.2) is 35.1 Å². The molecule has 0 saturated heterocycles. The number of halogens is 2. The van der Waals surface area contributed by atoms with Crippen molar-refractivity contribution in [1.29, 1.82) is 0 Å². The fraction of sp³-hybridized carbons (Fsp3) is 0.208. The number of nitrogens with zero attached hydrogens (tertiary/aromatic N) is 1. The zero-order chi connectivity index (χ0) is 24.8. The zero-order valence-corrected chi connectivity index (χ0v) is 18.5. The van der Waals surface area contributed by atoms with Crippen molar-refractivity contribution >= 4 is 11.9 Å². The molecule has 10 heteroatoms. The summed E-state index contributed by atoms with van der Waals surface area (Å²) in [4.78, 5) is 27.2. The van der Waals surface area contributed by atoms with Crippen LogP contribution in [0.15, 0.2) is 48.5 Å². The van der Waals surface area contributed by atoms with Crippen molar-refractivity contribution in [3.63, 3.8) is 0 Å². The number of amides is 1. The van der Waals surface area contributed by atoms with Gasteiger partial charge in [-0.2, -0.15) is 4.98 Å². The van der Waals surface area contributed by atoms with Crippen molar-refractivity contribution in [2.24, 2.45) is 5.73 Å². The number of carboxylic acids is 1. The number of carbonyl (C=O) groups is 2. The Morgan fingerprint density at radius 3 is 2.47 bits per heavy atom. The summed E-state index contributed by atoms with van der Waals surface area (Å²) in [6, 6.07) is 12.3. The normalized spacial score (nSPS) is 11.6. The summed E-state index contributed by atoms with van der Waals surface area (Å²) in [7, 11) is 1.46. The largest absolute Gasteiger partial charge is 0.479 e. The van der Waals surface area contributed by atoms with Gasteiger partial charge in [-0.25, -0.2) is 13.6 Å². The van der Waals surface area contributed by atoms with Gasteiger partial charge >= 0.3 is 5.97 Å². The topological polar surface area (TPSA) is 124 Å². The number of nitrogens with two attached hydrogens (primary N) is 1. The van der Waals surface area contributed by atoms with Crippen molar-refractivity contribution < 1.29 is 33.0 Å². The summed E-state index contributed by atoms with van der Waals surface area (Å²) in [6.45, 7) is 1.85. The number of aliphatic carboxylic acids is 1. The minimum Gasteiger partial charge on any atom is -0.479 e. The van der Waals surface area contributed by atoms with E-state index in [1.54, 1.807) is 12.1 Å². The first kappa shape index (κ1) is 24.6. The number of ether oxygens (including phenoxy) is 2. The second-order valence-electron chi connectivity index (χ2n) is 7.25. The van der Waals surface area contributed by atoms with Gasteiger partial charge in [-0.3, -0.25) is 4.79 Å². The highest BCUT2D eigenvalue weighted by Gasteiger charge is 2.23. The molecule has 2 aromatic carbocycles. The standard InChI is InChI=1S/C24H23F2N3O5/c1-3-20(24(31)32)34-23-19(26)11-18(25)22(29-23)33-17-9-15(8-16(10-17)21(30)28-2)14-6-4-5-13(7-14)12-27/h4-11,20H,3,12,27H2,1-2H3,(H,28,30)(H,31,32)/t20-/m1/s1. The van der Waals surface area contributed by atoms with Gasteiger partial charge in [0.25, 0.3) is 17.7 Å². The summed E-state index contributed by atoms with van der Waals surface area (Å²) in [5, 5.41) is 11.7. The summed E-state index contributed by atoms with van der Waals surface area (Å²) in [5.74, 6) is -5.36. The van der Waals surface area contributed by atoms with E-state index in [-0.39, 0.29) is 17.7 Å². The van der Waals surface area contributed by atoms with E-state index in [2.05, 4.69) is 10.3 Å². The van der Waals surface area contributed by atoms with Gasteiger partial charge in [0, 0.05) is 25.2 Å². The average Bonchev–Trinajstić information content (AvgIpc) is 2.84. The minimum absolute atomic E-state index is 0.0312. The van der Waals surface area contributed by atoms with Crippen molar-refractivity contribution in [1.82, 2.24) is 10.3 Å². The van der Waals surface area contributed by atoms with E-state index in [1.807, 2.05) is 24.3 Å². The molecule has 4 N–H and O–H groups in total. The van der Waals surface area contributed by atoms with E-state index < -0.39 is 41.4 Å². The molecule has 1 atom stereocenters. The molecule has 178 valence electrons. The Bertz CT molecular complexity index is 1220. The maximum atomic E-state index is 14.4. The van der Waals surface area contributed by atoms with E-state index in [9.17, 15) is 18.4 Å². The predicted octanol–water partition coefficient (Wildman–Crippen LogP) is 3.88. The molecule has 34 heavy (non-hydrogen) atoms. The van der Waals surface area contributed by atoms with Gasteiger partial charge < -0.3 is 25.6 Å². The lowest BCUT2D eigenvalue weighted by Crippen LogP contribution is -2.26. The zero-order valence-electron chi connectivity index (χ0n) is 18.5. The third-order valence-electron chi connectivity index (χ3n) is 4.87. The Balaban J connectivity index is 2.03. The third kappa shape index (κ3) is 5.65. The Kier molecular flexibility index (Phi) is 7.75. The van der Waals surface area contributed by atoms with Crippen LogP contribution in [0.2, 0.25) is 0 Å². The number of rotatable bonds is 9. The minimum atomic E-state index is -1.38. The van der Waals surface area contributed by atoms with Gasteiger partial charge in [-0.15, -0.1) is 0 Å². The summed E-state index contributed by atoms with van der Waals surface area (Å²) >= 11 is 0. The number of nitrogens with one attached hydrogen (secondary N) is 1. The van der Waals surface area contributed by atoms with Crippen LogP contribution in [0.1, 0.15) is 29.3 Å². The highest BCUT2D eigenvalue weighted by molar-refractivity contribution is 5.96. The molecule has 0 unspecified atom stereocenters. The summed E-state index contributed by atoms with van der Waals surface area (Å²) < 4.78 is 39.2. The lowest BCUT2D eigenvalue weighted by Gasteiger charge is -2.15. The van der Waals surface area contributed by atoms with Gasteiger partial charge in [-0.1, -0.05) is 25.1 Å². The molecule has 0 radical (unpaired) electrons. The van der Waals surface area contributed by atoms with E-state index >= 15 is 0 Å². The van der Waals surface area contributed by atoms with Gasteiger partial charge in [0.1, 0.15) is 5.75 Å². The van der Waals surface area contributed by atoms with Crippen LogP contribution < -0.4 is 20.5 Å². The van der Waals surface area contributed by atoms with Crippen LogP contribution >= 0.6 is 0 Å². The molecule has 1 amide bonds. The number of pyridine rings is 1. The molecule has 0 aliphatic heterocycles. The third-order valence-corrected chi connectivity index (χ3v) is 4.87. The van der Waals surface area contributed by atoms with E-state index in [0.717, 1.165) is 11.1 Å². The second-order valence-corrected chi connectivity index (χ2v) is 7.25. The Morgan fingerprint density at radius 1 is 1.09 bits per heavy atom. The molecule has 8 nitrogen and oxygen atoms in total. The highest BCUT2D eigenvalue weighted by Crippen LogP contribution is 2.32. The Morgan fingerprint density at radius 2 is 1.82 bits per heavy atom. The number of benzene rings is 2. The number of hydrogen-bond acceptors (Lipinski definition) is 6. The van der Waals surface area contributed by atoms with Crippen LogP contribution in [0.3, 0.4) is 0 Å². The predicted molar refractivity (Wildman–Crippen MR) is 120 cm³/mol. The second kappa shape index (κ2) is 10.7. The first-order valence-corrected chi connectivity index (χ1v) is 10.4.